The van der Waals surface area contributed by atoms with Gasteiger partial charge < -0.3 is 5.32 Å². The molecule has 1 heterocycles. The molecule has 4 nitrogen and oxygen atoms in total. The Kier molecular flexibility index (Phi) is 7.59. The molecule has 1 aliphatic heterocycles. The molecule has 1 amide bonds. The number of hydrogen-bond acceptors (Lipinski definition) is 3. The monoisotopic (exact) mass is 392 g/mol. The minimum Gasteiger partial charge on any atom is -0.352 e. The Morgan fingerprint density at radius 2 is 1.62 bits per heavy atom. The van der Waals surface area contributed by atoms with Crippen LogP contribution in [0, 0.1) is 12.8 Å². The zero-order chi connectivity index (χ0) is 20.6. The van der Waals surface area contributed by atoms with Gasteiger partial charge in [-0.2, -0.15) is 0 Å². The maximum absolute atomic E-state index is 12.3. The lowest BCUT2D eigenvalue weighted by molar-refractivity contribution is -0.121. The molecular formula is C25H32N2O2. The highest BCUT2D eigenvalue weighted by molar-refractivity contribution is 5.97. The number of nitrogens with zero attached hydrogens (tertiary/aromatic N) is 1. The first-order valence-corrected chi connectivity index (χ1v) is 10.7. The molecule has 0 spiro atoms. The Balaban J connectivity index is 1.47. The molecule has 3 rings (SSSR count). The van der Waals surface area contributed by atoms with E-state index in [0.717, 1.165) is 36.7 Å². The highest BCUT2D eigenvalue weighted by Crippen LogP contribution is 2.19. The molecule has 154 valence electrons. The van der Waals surface area contributed by atoms with Crippen LogP contribution in [0.3, 0.4) is 0 Å². The minimum absolute atomic E-state index is 0.0138. The molecule has 1 fully saturated rings. The van der Waals surface area contributed by atoms with Crippen molar-refractivity contribution >= 4 is 11.7 Å². The van der Waals surface area contributed by atoms with Gasteiger partial charge >= 0.3 is 0 Å². The number of aryl methyl sites for hydroxylation is 1. The normalized spacial score (nSPS) is 15.2. The van der Waals surface area contributed by atoms with Crippen LogP contribution in [0.1, 0.15) is 59.7 Å². The summed E-state index contributed by atoms with van der Waals surface area (Å²) in [6, 6.07) is 15.8. The lowest BCUT2D eigenvalue weighted by atomic mass is 9.98. The Morgan fingerprint density at radius 3 is 2.31 bits per heavy atom. The summed E-state index contributed by atoms with van der Waals surface area (Å²) in [5.41, 5.74) is 4.23. The van der Waals surface area contributed by atoms with Crippen LogP contribution in [0.25, 0.3) is 0 Å². The van der Waals surface area contributed by atoms with Crippen LogP contribution >= 0.6 is 0 Å². The molecule has 0 radical (unpaired) electrons. The second-order valence-corrected chi connectivity index (χ2v) is 8.29. The quantitative estimate of drug-likeness (QED) is 0.673. The number of hydrogen-bond donors (Lipinski definition) is 1. The Labute approximate surface area is 174 Å². The lowest BCUT2D eigenvalue weighted by Gasteiger charge is -2.30. The fourth-order valence-corrected chi connectivity index (χ4v) is 3.74. The van der Waals surface area contributed by atoms with Gasteiger partial charge in [0.2, 0.25) is 5.91 Å². The van der Waals surface area contributed by atoms with Gasteiger partial charge in [0.05, 0.1) is 0 Å². The standard InChI is InChI=1S/C25H32N2O2/c1-19-7-9-21(10-8-19)24(28)11-12-25(29)26-17-22-5-3-4-6-23(22)18-27-15-13-20(2)14-16-27/h3-10,20H,11-18H2,1-2H3,(H,26,29). The first-order chi connectivity index (χ1) is 14.0. The highest BCUT2D eigenvalue weighted by Gasteiger charge is 2.17. The van der Waals surface area contributed by atoms with Gasteiger partial charge in [-0.15, -0.1) is 0 Å². The summed E-state index contributed by atoms with van der Waals surface area (Å²) in [5.74, 6) is 0.760. The van der Waals surface area contributed by atoms with Crippen molar-refractivity contribution < 1.29 is 9.59 Å². The third kappa shape index (κ3) is 6.53. The molecule has 0 aromatic heterocycles. The maximum atomic E-state index is 12.3. The summed E-state index contributed by atoms with van der Waals surface area (Å²) in [7, 11) is 0. The molecule has 0 saturated carbocycles. The van der Waals surface area contributed by atoms with E-state index in [2.05, 4.69) is 35.3 Å². The number of carbonyl (C=O) groups excluding carboxylic acids is 2. The van der Waals surface area contributed by atoms with E-state index in [-0.39, 0.29) is 24.5 Å². The van der Waals surface area contributed by atoms with Crippen molar-refractivity contribution in [2.75, 3.05) is 13.1 Å². The first-order valence-electron chi connectivity index (χ1n) is 10.7. The number of benzene rings is 2. The number of piperidine rings is 1. The molecule has 0 aliphatic carbocycles. The van der Waals surface area contributed by atoms with Crippen molar-refractivity contribution in [3.8, 4) is 0 Å². The van der Waals surface area contributed by atoms with Crippen LogP contribution in [-0.2, 0) is 17.9 Å². The summed E-state index contributed by atoms with van der Waals surface area (Å²) in [4.78, 5) is 27.0. The van der Waals surface area contributed by atoms with E-state index in [1.54, 1.807) is 0 Å². The number of rotatable bonds is 8. The summed E-state index contributed by atoms with van der Waals surface area (Å²) >= 11 is 0. The smallest absolute Gasteiger partial charge is 0.220 e. The second-order valence-electron chi connectivity index (χ2n) is 8.29. The van der Waals surface area contributed by atoms with Crippen molar-refractivity contribution in [2.24, 2.45) is 5.92 Å². The van der Waals surface area contributed by atoms with Gasteiger partial charge in [-0.25, -0.2) is 0 Å². The molecule has 1 aliphatic rings. The van der Waals surface area contributed by atoms with E-state index in [4.69, 9.17) is 0 Å². The maximum Gasteiger partial charge on any atom is 0.220 e. The molecule has 2 aromatic rings. The van der Waals surface area contributed by atoms with Crippen LogP contribution in [0.15, 0.2) is 48.5 Å². The predicted molar refractivity (Wildman–Crippen MR) is 117 cm³/mol. The molecule has 1 saturated heterocycles. The molecule has 0 unspecified atom stereocenters. The molecule has 29 heavy (non-hydrogen) atoms. The average molecular weight is 393 g/mol. The SMILES string of the molecule is Cc1ccc(C(=O)CCC(=O)NCc2ccccc2CN2CCC(C)CC2)cc1. The minimum atomic E-state index is -0.0768. The van der Waals surface area contributed by atoms with E-state index in [9.17, 15) is 9.59 Å². The number of amides is 1. The van der Waals surface area contributed by atoms with Crippen LogP contribution < -0.4 is 5.32 Å². The Morgan fingerprint density at radius 1 is 0.966 bits per heavy atom. The molecule has 2 aromatic carbocycles. The molecular weight excluding hydrogens is 360 g/mol. The number of carbonyl (C=O) groups is 2. The van der Waals surface area contributed by atoms with Crippen LogP contribution in [0.4, 0.5) is 0 Å². The number of likely N-dealkylation sites (tertiary alicyclic amines) is 1. The van der Waals surface area contributed by atoms with Gasteiger partial charge in [0, 0.05) is 31.5 Å². The Bertz CT molecular complexity index is 821. The fraction of sp³-hybridized carbons (Fsp3) is 0.440. The molecule has 0 atom stereocenters. The van der Waals surface area contributed by atoms with Crippen LogP contribution in [0.2, 0.25) is 0 Å². The van der Waals surface area contributed by atoms with Gasteiger partial charge in [0.15, 0.2) is 5.78 Å². The zero-order valence-electron chi connectivity index (χ0n) is 17.6. The van der Waals surface area contributed by atoms with E-state index >= 15 is 0 Å². The third-order valence-electron chi connectivity index (χ3n) is 5.82. The molecule has 0 bridgehead atoms. The predicted octanol–water partition coefficient (Wildman–Crippen LogP) is 4.51. The van der Waals surface area contributed by atoms with E-state index in [1.165, 1.54) is 18.4 Å². The number of Topliss-reactive ketones (excluding diaryl/α,β-unsaturated/α-hetero) is 1. The number of ketones is 1. The highest BCUT2D eigenvalue weighted by atomic mass is 16.2. The number of nitrogens with one attached hydrogen (secondary N) is 1. The second kappa shape index (κ2) is 10.4. The van der Waals surface area contributed by atoms with Gasteiger partial charge in [-0.1, -0.05) is 61.0 Å². The van der Waals surface area contributed by atoms with Gasteiger partial charge in [-0.05, 0) is 49.9 Å². The summed E-state index contributed by atoms with van der Waals surface area (Å²) in [5, 5.41) is 2.99. The summed E-state index contributed by atoms with van der Waals surface area (Å²) in [6.07, 6.45) is 2.98. The van der Waals surface area contributed by atoms with Gasteiger partial charge in [0.25, 0.3) is 0 Å². The first kappa shape index (κ1) is 21.3. The zero-order valence-corrected chi connectivity index (χ0v) is 17.6. The fourth-order valence-electron chi connectivity index (χ4n) is 3.74. The van der Waals surface area contributed by atoms with Crippen LogP contribution in [-0.4, -0.2) is 29.7 Å². The van der Waals surface area contributed by atoms with Crippen molar-refractivity contribution in [1.82, 2.24) is 10.2 Å². The van der Waals surface area contributed by atoms with E-state index < -0.39 is 0 Å². The molecule has 1 N–H and O–H groups in total. The Hall–Kier alpha value is -2.46. The van der Waals surface area contributed by atoms with Crippen LogP contribution in [0.5, 0.6) is 0 Å². The largest absolute Gasteiger partial charge is 0.352 e. The average Bonchev–Trinajstić information content (AvgIpc) is 2.73. The molecule has 4 heteroatoms. The topological polar surface area (TPSA) is 49.4 Å². The summed E-state index contributed by atoms with van der Waals surface area (Å²) < 4.78 is 0. The van der Waals surface area contributed by atoms with Crippen molar-refractivity contribution in [3.05, 3.63) is 70.8 Å². The van der Waals surface area contributed by atoms with Gasteiger partial charge in [-0.3, -0.25) is 14.5 Å². The lowest BCUT2D eigenvalue weighted by Crippen LogP contribution is -2.33. The van der Waals surface area contributed by atoms with Crippen molar-refractivity contribution in [1.29, 1.82) is 0 Å². The van der Waals surface area contributed by atoms with Gasteiger partial charge in [0.1, 0.15) is 0 Å². The van der Waals surface area contributed by atoms with Crippen molar-refractivity contribution in [3.63, 3.8) is 0 Å². The summed E-state index contributed by atoms with van der Waals surface area (Å²) in [6.45, 7) is 8.05. The third-order valence-corrected chi connectivity index (χ3v) is 5.82. The van der Waals surface area contributed by atoms with E-state index in [0.29, 0.717) is 12.1 Å². The van der Waals surface area contributed by atoms with Crippen molar-refractivity contribution in [2.45, 2.75) is 52.6 Å². The van der Waals surface area contributed by atoms with E-state index in [1.807, 2.05) is 37.3 Å².